The summed E-state index contributed by atoms with van der Waals surface area (Å²) in [7, 11) is 0. The molecule has 0 bridgehead atoms. The second-order valence-electron chi connectivity index (χ2n) is 21.7. The molecule has 0 nitrogen and oxygen atoms in total. The molecule has 0 saturated carbocycles. The molecule has 3 aliphatic rings. The molecule has 2 aliphatic carbocycles. The van der Waals surface area contributed by atoms with Crippen molar-refractivity contribution in [1.29, 1.82) is 0 Å². The van der Waals surface area contributed by atoms with Crippen LogP contribution in [-0.2, 0) is 33.6 Å². The summed E-state index contributed by atoms with van der Waals surface area (Å²) in [6, 6.07) is 33.5. The van der Waals surface area contributed by atoms with Crippen LogP contribution in [0.1, 0.15) is 127 Å². The Morgan fingerprint density at radius 1 is 0.621 bits per heavy atom. The topological polar surface area (TPSA) is 0 Å². The van der Waals surface area contributed by atoms with E-state index in [1.54, 1.807) is 24.9 Å². The normalized spacial score (nSPS) is 18.5. The predicted molar refractivity (Wildman–Crippen MR) is 265 cm³/mol. The van der Waals surface area contributed by atoms with Gasteiger partial charge < -0.3 is 0 Å². The van der Waals surface area contributed by atoms with Gasteiger partial charge in [-0.25, -0.2) is 0 Å². The smallest absolute Gasteiger partial charge is 0.147 e. The number of hydrogen-bond donors (Lipinski definition) is 0. The Kier molecular flexibility index (Phi) is 12.9. The average molecular weight is 927 g/mol. The van der Waals surface area contributed by atoms with Crippen molar-refractivity contribution in [2.45, 2.75) is 124 Å². The Bertz CT molecular complexity index is 2430. The van der Waals surface area contributed by atoms with E-state index < -0.39 is 17.4 Å². The Balaban J connectivity index is 0.00000320. The van der Waals surface area contributed by atoms with Crippen molar-refractivity contribution < 1.29 is 17.4 Å². The zero-order chi connectivity index (χ0) is 40.9. The van der Waals surface area contributed by atoms with Gasteiger partial charge in [-0.05, 0) is 0 Å². The van der Waals surface area contributed by atoms with Crippen LogP contribution in [0, 0.1) is 5.92 Å². The fraction of sp³-hybridized carbons (Fsp3) is 0.396. The molecule has 1 heterocycles. The van der Waals surface area contributed by atoms with E-state index in [0.717, 1.165) is 0 Å². The summed E-state index contributed by atoms with van der Waals surface area (Å²) in [5.74, 6) is 0.461. The minimum Gasteiger partial charge on any atom is -0.147 e. The monoisotopic (exact) mass is 924 g/mol. The van der Waals surface area contributed by atoms with Gasteiger partial charge in [-0.15, -0.1) is 24.8 Å². The first-order valence-corrected chi connectivity index (χ1v) is 35.4. The summed E-state index contributed by atoms with van der Waals surface area (Å²) in [4.78, 5) is 1.59. The van der Waals surface area contributed by atoms with Gasteiger partial charge in [0.15, 0.2) is 0 Å². The van der Waals surface area contributed by atoms with Crippen molar-refractivity contribution in [3.63, 3.8) is 0 Å². The van der Waals surface area contributed by atoms with Crippen LogP contribution in [0.4, 0.5) is 0 Å². The first-order chi connectivity index (χ1) is 25.8. The van der Waals surface area contributed by atoms with Crippen LogP contribution in [-0.4, -0.2) is 12.1 Å². The van der Waals surface area contributed by atoms with E-state index in [0.29, 0.717) is 14.8 Å². The third kappa shape index (κ3) is 8.40. The maximum absolute atomic E-state index is 3.92. The van der Waals surface area contributed by atoms with Crippen LogP contribution in [0.2, 0.25) is 9.26 Å². The Labute approximate surface area is 371 Å². The molecule has 5 heteroatoms. The van der Waals surface area contributed by atoms with Crippen LogP contribution in [0.25, 0.3) is 33.9 Å². The Morgan fingerprint density at radius 3 is 1.52 bits per heavy atom. The van der Waals surface area contributed by atoms with Gasteiger partial charge in [0, 0.05) is 0 Å². The average Bonchev–Trinajstić information content (AvgIpc) is 3.75. The molecule has 0 aromatic heterocycles. The van der Waals surface area contributed by atoms with E-state index in [4.69, 9.17) is 0 Å². The van der Waals surface area contributed by atoms with E-state index in [1.807, 2.05) is 0 Å². The van der Waals surface area contributed by atoms with Gasteiger partial charge in [0.25, 0.3) is 0 Å². The number of halogens is 2. The molecule has 4 aromatic carbocycles. The Hall–Kier alpha value is -2.13. The van der Waals surface area contributed by atoms with E-state index in [1.165, 1.54) is 61.2 Å². The molecule has 0 amide bonds. The van der Waals surface area contributed by atoms with Gasteiger partial charge in [-0.1, -0.05) is 0 Å². The second kappa shape index (κ2) is 16.0. The molecule has 7 rings (SSSR count). The van der Waals surface area contributed by atoms with Crippen molar-refractivity contribution in [2.24, 2.45) is 5.92 Å². The van der Waals surface area contributed by atoms with Crippen molar-refractivity contribution in [3.05, 3.63) is 149 Å². The zero-order valence-corrected chi connectivity index (χ0v) is 44.2. The molecule has 0 spiro atoms. The van der Waals surface area contributed by atoms with Gasteiger partial charge in [-0.3, -0.25) is 0 Å². The quantitative estimate of drug-likeness (QED) is 0.174. The van der Waals surface area contributed by atoms with Gasteiger partial charge in [0.05, 0.1) is 0 Å². The predicted octanol–water partition coefficient (Wildman–Crippen LogP) is 15.9. The molecule has 0 radical (unpaired) electrons. The van der Waals surface area contributed by atoms with Gasteiger partial charge in [0.2, 0.25) is 0 Å². The first kappa shape index (κ1) is 46.9. The summed E-state index contributed by atoms with van der Waals surface area (Å²) < 4.78 is 7.74. The van der Waals surface area contributed by atoms with E-state index in [2.05, 4.69) is 215 Å². The van der Waals surface area contributed by atoms with Crippen molar-refractivity contribution in [2.75, 3.05) is 0 Å². The summed E-state index contributed by atoms with van der Waals surface area (Å²) in [6.07, 6.45) is 5.22. The van der Waals surface area contributed by atoms with Crippen molar-refractivity contribution in [1.82, 2.24) is 0 Å². The molecule has 308 valence electrons. The fourth-order valence-corrected chi connectivity index (χ4v) is 32.7. The molecule has 1 aliphatic heterocycles. The maximum atomic E-state index is 2.78. The van der Waals surface area contributed by atoms with Crippen LogP contribution in [0.15, 0.2) is 116 Å². The standard InChI is InChI=1S/C30H33.C21H25S.2CH3.2ClH.H2Si.Zr/c1-20-16-24-18-23(21-8-12-25(13-9-21)29(2,3)4)19-28(27(24)17-20)22-10-14-26(15-11-22)30(5,6)7;1-13(2)16-11-18-19(12-16)22-14(3)20(18)15-7-9-17(10-8-15)21(4,5)6;;;;;;/h8-19H,1-7H3;7-11,13-14H,1-6H3;2*1H3;2*1H;1H2;. The molecule has 4 aromatic rings. The van der Waals surface area contributed by atoms with Crippen molar-refractivity contribution >= 4 is 55.1 Å². The van der Waals surface area contributed by atoms with E-state index in [9.17, 15) is 0 Å². The van der Waals surface area contributed by atoms with E-state index >= 15 is 0 Å². The van der Waals surface area contributed by atoms with Gasteiger partial charge >= 0.3 is 350 Å². The molecule has 0 fully saturated rings. The van der Waals surface area contributed by atoms with Gasteiger partial charge in [-0.2, -0.15) is 0 Å². The first-order valence-electron chi connectivity index (χ1n) is 21.0. The third-order valence-electron chi connectivity index (χ3n) is 13.0. The minimum absolute atomic E-state index is 0. The zero-order valence-electron chi connectivity index (χ0n) is 37.9. The minimum atomic E-state index is -3.92. The summed E-state index contributed by atoms with van der Waals surface area (Å²) in [5.41, 5.74) is 20.4. The van der Waals surface area contributed by atoms with Crippen LogP contribution in [0.3, 0.4) is 0 Å². The molecule has 58 heavy (non-hydrogen) atoms. The van der Waals surface area contributed by atoms with Crippen LogP contribution in [0.5, 0.6) is 0 Å². The molecule has 2 atom stereocenters. The maximum Gasteiger partial charge on any atom is -0.147 e. The summed E-state index contributed by atoms with van der Waals surface area (Å²) in [6.45, 7) is 33.0. The molecule has 0 N–H and O–H groups in total. The number of hydrogen-bond acceptors (Lipinski definition) is 1. The number of rotatable bonds is 6. The van der Waals surface area contributed by atoms with Crippen molar-refractivity contribution in [3.8, 4) is 22.3 Å². The Morgan fingerprint density at radius 2 is 1.07 bits per heavy atom. The second-order valence-corrected chi connectivity index (χ2v) is 52.4. The largest absolute Gasteiger partial charge is 0.147 e. The van der Waals surface area contributed by atoms with Crippen LogP contribution < -0.4 is 0 Å². The summed E-state index contributed by atoms with van der Waals surface area (Å²) >= 11 is -1.78. The molecule has 2 unspecified atom stereocenters. The third-order valence-corrected chi connectivity index (χ3v) is 31.0. The molecule has 0 saturated heterocycles. The molecular weight excluding hydrogens is 859 g/mol. The SMILES string of the molecule is CC1=Cc2c(-c3ccc(C(C)(C)C)cc3)cc(-c3ccc(C(C)(C)C)cc3)cc2[CH]1[Zr]([CH3])([CH3])(=[SiH2])[C]1=C2SC(C)C(c3ccc(C(C)(C)C)cc3)=C2C=C1C(C)C.Cl.Cl. The van der Waals surface area contributed by atoms with Crippen LogP contribution >= 0.6 is 36.6 Å². The molecular formula is C53H68Cl2SSiZr. The van der Waals surface area contributed by atoms with Gasteiger partial charge in [0.1, 0.15) is 0 Å². The summed E-state index contributed by atoms with van der Waals surface area (Å²) in [5, 5.41) is 0.423. The van der Waals surface area contributed by atoms with E-state index in [-0.39, 0.29) is 41.1 Å². The number of allylic oxidation sites excluding steroid dienone is 5. The number of fused-ring (bicyclic) bond motifs is 2. The number of thioether (sulfide) groups is 1. The fourth-order valence-electron chi connectivity index (χ4n) is 9.90. The number of benzene rings is 4.